The van der Waals surface area contributed by atoms with Crippen LogP contribution in [0.25, 0.3) is 0 Å². The van der Waals surface area contributed by atoms with Gasteiger partial charge in [-0.1, -0.05) is 32.0 Å². The Morgan fingerprint density at radius 2 is 2.05 bits per heavy atom. The SMILES string of the molecule is CCC(NC(=O)C1(C)CCNCC1)c1ccccc1OC. The van der Waals surface area contributed by atoms with Crippen LogP contribution in [0, 0.1) is 5.41 Å². The van der Waals surface area contributed by atoms with Gasteiger partial charge in [-0.3, -0.25) is 4.79 Å². The molecule has 1 heterocycles. The Hall–Kier alpha value is -1.55. The van der Waals surface area contributed by atoms with Crippen molar-refractivity contribution >= 4 is 5.91 Å². The molecule has 1 aliphatic rings. The van der Waals surface area contributed by atoms with Crippen molar-refractivity contribution in [3.63, 3.8) is 0 Å². The molecule has 1 atom stereocenters. The first-order chi connectivity index (χ1) is 10.1. The van der Waals surface area contributed by atoms with Crippen LogP contribution in [0.15, 0.2) is 24.3 Å². The highest BCUT2D eigenvalue weighted by Gasteiger charge is 2.35. The van der Waals surface area contributed by atoms with Crippen LogP contribution < -0.4 is 15.4 Å². The molecule has 1 fully saturated rings. The lowest BCUT2D eigenvalue weighted by Gasteiger charge is -2.34. The second-order valence-electron chi connectivity index (χ2n) is 5.99. The van der Waals surface area contributed by atoms with Crippen molar-refractivity contribution in [2.75, 3.05) is 20.2 Å². The van der Waals surface area contributed by atoms with E-state index in [0.29, 0.717) is 0 Å². The number of carbonyl (C=O) groups is 1. The summed E-state index contributed by atoms with van der Waals surface area (Å²) in [6, 6.07) is 7.90. The van der Waals surface area contributed by atoms with Gasteiger partial charge in [0.15, 0.2) is 0 Å². The smallest absolute Gasteiger partial charge is 0.226 e. The zero-order valence-electron chi connectivity index (χ0n) is 13.2. The highest BCUT2D eigenvalue weighted by atomic mass is 16.5. The second kappa shape index (κ2) is 6.94. The Labute approximate surface area is 127 Å². The molecule has 2 N–H and O–H groups in total. The van der Waals surface area contributed by atoms with Crippen LogP contribution in [0.3, 0.4) is 0 Å². The van der Waals surface area contributed by atoms with Crippen molar-refractivity contribution in [3.05, 3.63) is 29.8 Å². The van der Waals surface area contributed by atoms with Crippen molar-refractivity contribution in [1.29, 1.82) is 0 Å². The Kier molecular flexibility index (Phi) is 5.23. The van der Waals surface area contributed by atoms with Crippen LogP contribution in [0.5, 0.6) is 5.75 Å². The summed E-state index contributed by atoms with van der Waals surface area (Å²) in [7, 11) is 1.67. The quantitative estimate of drug-likeness (QED) is 0.876. The lowest BCUT2D eigenvalue weighted by Crippen LogP contribution is -2.46. The highest BCUT2D eigenvalue weighted by Crippen LogP contribution is 2.31. The summed E-state index contributed by atoms with van der Waals surface area (Å²) >= 11 is 0. The van der Waals surface area contributed by atoms with E-state index in [1.54, 1.807) is 7.11 Å². The van der Waals surface area contributed by atoms with Gasteiger partial charge >= 0.3 is 0 Å². The standard InChI is InChI=1S/C17H26N2O2/c1-4-14(13-7-5-6-8-15(13)21-3)19-16(20)17(2)9-11-18-12-10-17/h5-8,14,18H,4,9-12H2,1-3H3,(H,19,20). The molecule has 1 aliphatic heterocycles. The molecule has 4 heteroatoms. The van der Waals surface area contributed by atoms with E-state index >= 15 is 0 Å². The molecule has 0 saturated carbocycles. The molecular weight excluding hydrogens is 264 g/mol. The number of methoxy groups -OCH3 is 1. The Morgan fingerprint density at radius 3 is 2.67 bits per heavy atom. The number of nitrogens with one attached hydrogen (secondary N) is 2. The minimum absolute atomic E-state index is 0.000334. The van der Waals surface area contributed by atoms with Gasteiger partial charge in [0.25, 0.3) is 0 Å². The summed E-state index contributed by atoms with van der Waals surface area (Å²) in [5, 5.41) is 6.53. The van der Waals surface area contributed by atoms with E-state index in [9.17, 15) is 4.79 Å². The number of hydrogen-bond donors (Lipinski definition) is 2. The number of ether oxygens (including phenoxy) is 1. The van der Waals surface area contributed by atoms with Crippen LogP contribution in [0.1, 0.15) is 44.7 Å². The van der Waals surface area contributed by atoms with Crippen LogP contribution in [0.2, 0.25) is 0 Å². The van der Waals surface area contributed by atoms with E-state index in [0.717, 1.165) is 43.7 Å². The Morgan fingerprint density at radius 1 is 1.38 bits per heavy atom. The van der Waals surface area contributed by atoms with Crippen molar-refractivity contribution in [2.45, 2.75) is 39.2 Å². The predicted octanol–water partition coefficient (Wildman–Crippen LogP) is 2.65. The van der Waals surface area contributed by atoms with Gasteiger partial charge in [0.2, 0.25) is 5.91 Å². The molecule has 0 radical (unpaired) electrons. The Balaban J connectivity index is 2.13. The number of piperidine rings is 1. The number of rotatable bonds is 5. The molecule has 1 aromatic rings. The molecule has 1 unspecified atom stereocenters. The summed E-state index contributed by atoms with van der Waals surface area (Å²) in [6.45, 7) is 5.98. The van der Waals surface area contributed by atoms with Crippen LogP contribution in [-0.4, -0.2) is 26.1 Å². The summed E-state index contributed by atoms with van der Waals surface area (Å²) in [5.41, 5.74) is 0.786. The van der Waals surface area contributed by atoms with Gasteiger partial charge in [0.05, 0.1) is 13.2 Å². The van der Waals surface area contributed by atoms with Crippen LogP contribution >= 0.6 is 0 Å². The fourth-order valence-electron chi connectivity index (χ4n) is 2.89. The number of amides is 1. The third-order valence-electron chi connectivity index (χ3n) is 4.48. The van der Waals surface area contributed by atoms with Crippen molar-refractivity contribution < 1.29 is 9.53 Å². The van der Waals surface area contributed by atoms with Crippen LogP contribution in [0.4, 0.5) is 0 Å². The molecule has 1 amide bonds. The molecule has 21 heavy (non-hydrogen) atoms. The largest absolute Gasteiger partial charge is 0.496 e. The number of carbonyl (C=O) groups excluding carboxylic acids is 1. The monoisotopic (exact) mass is 290 g/mol. The summed E-state index contributed by atoms with van der Waals surface area (Å²) in [6.07, 6.45) is 2.63. The van der Waals surface area contributed by atoms with Crippen molar-refractivity contribution in [2.24, 2.45) is 5.41 Å². The molecule has 116 valence electrons. The maximum absolute atomic E-state index is 12.7. The van der Waals surface area contributed by atoms with Gasteiger partial charge in [0.1, 0.15) is 5.75 Å². The number of para-hydroxylation sites is 1. The lowest BCUT2D eigenvalue weighted by atomic mass is 9.80. The Bertz CT molecular complexity index is 481. The van der Waals surface area contributed by atoms with Gasteiger partial charge in [-0.25, -0.2) is 0 Å². The van der Waals surface area contributed by atoms with Crippen molar-refractivity contribution in [1.82, 2.24) is 10.6 Å². The van der Waals surface area contributed by atoms with E-state index in [4.69, 9.17) is 4.74 Å². The number of benzene rings is 1. The molecule has 4 nitrogen and oxygen atoms in total. The first kappa shape index (κ1) is 15.8. The lowest BCUT2D eigenvalue weighted by molar-refractivity contribution is -0.132. The van der Waals surface area contributed by atoms with E-state index in [1.165, 1.54) is 0 Å². The minimum Gasteiger partial charge on any atom is -0.496 e. The fraction of sp³-hybridized carbons (Fsp3) is 0.588. The first-order valence-electron chi connectivity index (χ1n) is 7.75. The van der Waals surface area contributed by atoms with E-state index < -0.39 is 0 Å². The molecule has 2 rings (SSSR count). The van der Waals surface area contributed by atoms with E-state index in [1.807, 2.05) is 24.3 Å². The first-order valence-corrected chi connectivity index (χ1v) is 7.75. The van der Waals surface area contributed by atoms with Gasteiger partial charge in [-0.05, 0) is 38.4 Å². The maximum atomic E-state index is 12.7. The second-order valence-corrected chi connectivity index (χ2v) is 5.99. The zero-order valence-corrected chi connectivity index (χ0v) is 13.2. The van der Waals surface area contributed by atoms with E-state index in [2.05, 4.69) is 24.5 Å². The topological polar surface area (TPSA) is 50.4 Å². The third kappa shape index (κ3) is 3.56. The summed E-state index contributed by atoms with van der Waals surface area (Å²) in [5.74, 6) is 0.988. The molecule has 0 aliphatic carbocycles. The predicted molar refractivity (Wildman–Crippen MR) is 84.4 cm³/mol. The van der Waals surface area contributed by atoms with Crippen molar-refractivity contribution in [3.8, 4) is 5.75 Å². The highest BCUT2D eigenvalue weighted by molar-refractivity contribution is 5.82. The van der Waals surface area contributed by atoms with Crippen LogP contribution in [-0.2, 0) is 4.79 Å². The normalized spacial score (nSPS) is 18.8. The van der Waals surface area contributed by atoms with Gasteiger partial charge in [-0.2, -0.15) is 0 Å². The molecular formula is C17H26N2O2. The summed E-state index contributed by atoms with van der Waals surface area (Å²) in [4.78, 5) is 12.7. The van der Waals surface area contributed by atoms with Gasteiger partial charge in [-0.15, -0.1) is 0 Å². The number of hydrogen-bond acceptors (Lipinski definition) is 3. The average molecular weight is 290 g/mol. The molecule has 0 bridgehead atoms. The van der Waals surface area contributed by atoms with Gasteiger partial charge < -0.3 is 15.4 Å². The van der Waals surface area contributed by atoms with Gasteiger partial charge in [0, 0.05) is 11.0 Å². The minimum atomic E-state index is -0.263. The summed E-state index contributed by atoms with van der Waals surface area (Å²) < 4.78 is 5.42. The molecule has 0 aromatic heterocycles. The average Bonchev–Trinajstić information content (AvgIpc) is 2.53. The zero-order chi connectivity index (χ0) is 15.3. The fourth-order valence-corrected chi connectivity index (χ4v) is 2.89. The maximum Gasteiger partial charge on any atom is 0.226 e. The van der Waals surface area contributed by atoms with E-state index in [-0.39, 0.29) is 17.4 Å². The molecule has 1 aromatic carbocycles. The third-order valence-corrected chi connectivity index (χ3v) is 4.48. The molecule has 1 saturated heterocycles. The molecule has 0 spiro atoms.